The molecule has 0 radical (unpaired) electrons. The Morgan fingerprint density at radius 3 is 2.60 bits per heavy atom. The molecule has 0 aliphatic heterocycles. The summed E-state index contributed by atoms with van der Waals surface area (Å²) in [6.07, 6.45) is 1.12. The smallest absolute Gasteiger partial charge is 0.387 e. The van der Waals surface area contributed by atoms with E-state index in [1.807, 2.05) is 19.9 Å². The highest BCUT2D eigenvalue weighted by molar-refractivity contribution is 5.30. The van der Waals surface area contributed by atoms with Gasteiger partial charge in [0.1, 0.15) is 5.75 Å². The first-order valence-electron chi connectivity index (χ1n) is 6.92. The highest BCUT2D eigenvalue weighted by Gasteiger charge is 2.13. The van der Waals surface area contributed by atoms with Crippen molar-refractivity contribution in [3.8, 4) is 5.75 Å². The average molecular weight is 287 g/mol. The van der Waals surface area contributed by atoms with Gasteiger partial charge in [0, 0.05) is 0 Å². The fraction of sp³-hybridized carbons (Fsp3) is 0.600. The number of rotatable bonds is 9. The first-order valence-corrected chi connectivity index (χ1v) is 6.92. The highest BCUT2D eigenvalue weighted by Crippen LogP contribution is 2.21. The van der Waals surface area contributed by atoms with Crippen molar-refractivity contribution >= 4 is 0 Å². The predicted molar refractivity (Wildman–Crippen MR) is 75.2 cm³/mol. The summed E-state index contributed by atoms with van der Waals surface area (Å²) >= 11 is 0. The molecule has 114 valence electrons. The zero-order chi connectivity index (χ0) is 15.0. The lowest BCUT2D eigenvalue weighted by atomic mass is 10.1. The molecule has 0 aromatic heterocycles. The number of benzene rings is 1. The summed E-state index contributed by atoms with van der Waals surface area (Å²) in [6, 6.07) is 6.72. The molecule has 1 rings (SSSR count). The maximum atomic E-state index is 12.2. The highest BCUT2D eigenvalue weighted by atomic mass is 19.3. The Morgan fingerprint density at radius 2 is 2.00 bits per heavy atom. The van der Waals surface area contributed by atoms with Crippen molar-refractivity contribution < 1.29 is 18.3 Å². The van der Waals surface area contributed by atoms with Crippen LogP contribution in [0.15, 0.2) is 24.3 Å². The van der Waals surface area contributed by atoms with E-state index in [0.29, 0.717) is 6.61 Å². The molecule has 0 aliphatic carbocycles. The molecule has 1 unspecified atom stereocenters. The van der Waals surface area contributed by atoms with Crippen molar-refractivity contribution in [2.45, 2.75) is 45.9 Å². The summed E-state index contributed by atoms with van der Waals surface area (Å²) in [5.74, 6) is 0.172. The van der Waals surface area contributed by atoms with Crippen LogP contribution in [-0.2, 0) is 4.74 Å². The van der Waals surface area contributed by atoms with Crippen LogP contribution in [0.1, 0.15) is 38.8 Å². The topological polar surface area (TPSA) is 30.5 Å². The summed E-state index contributed by atoms with van der Waals surface area (Å²) in [6.45, 7) is 4.53. The van der Waals surface area contributed by atoms with Crippen LogP contribution in [0.3, 0.4) is 0 Å². The Labute approximate surface area is 119 Å². The van der Waals surface area contributed by atoms with Crippen molar-refractivity contribution in [1.29, 1.82) is 0 Å². The third-order valence-electron chi connectivity index (χ3n) is 2.72. The van der Waals surface area contributed by atoms with Gasteiger partial charge < -0.3 is 14.8 Å². The lowest BCUT2D eigenvalue weighted by molar-refractivity contribution is -0.0499. The summed E-state index contributed by atoms with van der Waals surface area (Å²) in [5.41, 5.74) is 0.886. The minimum Gasteiger partial charge on any atom is -0.435 e. The zero-order valence-corrected chi connectivity index (χ0v) is 12.2. The first kappa shape index (κ1) is 16.9. The van der Waals surface area contributed by atoms with Gasteiger partial charge in [-0.2, -0.15) is 8.78 Å². The van der Waals surface area contributed by atoms with Gasteiger partial charge in [0.15, 0.2) is 0 Å². The lowest BCUT2D eigenvalue weighted by Crippen LogP contribution is -2.27. The fourth-order valence-electron chi connectivity index (χ4n) is 1.79. The Hall–Kier alpha value is -1.20. The van der Waals surface area contributed by atoms with Crippen LogP contribution in [0.25, 0.3) is 0 Å². The molecule has 0 aliphatic rings. The first-order chi connectivity index (χ1) is 9.52. The number of hydrogen-bond donors (Lipinski definition) is 1. The molecular formula is C15H23F2NO2. The zero-order valence-electron chi connectivity index (χ0n) is 12.2. The second-order valence-electron chi connectivity index (χ2n) is 4.84. The second kappa shape index (κ2) is 8.87. The Bertz CT molecular complexity index is 386. The molecule has 1 aromatic rings. The monoisotopic (exact) mass is 287 g/mol. The average Bonchev–Trinajstić information content (AvgIpc) is 2.38. The van der Waals surface area contributed by atoms with E-state index in [-0.39, 0.29) is 17.9 Å². The third kappa shape index (κ3) is 6.30. The quantitative estimate of drug-likeness (QED) is 0.750. The molecule has 3 nitrogen and oxygen atoms in total. The van der Waals surface area contributed by atoms with Gasteiger partial charge >= 0.3 is 6.61 Å². The number of halogens is 2. The van der Waals surface area contributed by atoms with Crippen LogP contribution < -0.4 is 10.1 Å². The summed E-state index contributed by atoms with van der Waals surface area (Å²) in [7, 11) is 0. The van der Waals surface area contributed by atoms with Crippen LogP contribution in [0.2, 0.25) is 0 Å². The predicted octanol–water partition coefficient (Wildman–Crippen LogP) is 3.75. The van der Waals surface area contributed by atoms with Gasteiger partial charge in [-0.25, -0.2) is 0 Å². The Morgan fingerprint density at radius 1 is 1.25 bits per heavy atom. The maximum Gasteiger partial charge on any atom is 0.387 e. The second-order valence-corrected chi connectivity index (χ2v) is 4.84. The molecule has 0 spiro atoms. The number of alkyl halides is 2. The van der Waals surface area contributed by atoms with Crippen LogP contribution in [-0.4, -0.2) is 25.9 Å². The van der Waals surface area contributed by atoms with Crippen molar-refractivity contribution in [2.75, 3.05) is 13.2 Å². The fourth-order valence-corrected chi connectivity index (χ4v) is 1.79. The van der Waals surface area contributed by atoms with Gasteiger partial charge in [-0.1, -0.05) is 19.1 Å². The van der Waals surface area contributed by atoms with Gasteiger partial charge in [-0.05, 0) is 44.5 Å². The minimum atomic E-state index is -2.81. The molecule has 0 saturated carbocycles. The molecular weight excluding hydrogens is 264 g/mol. The molecule has 1 atom stereocenters. The standard InChI is InChI=1S/C15H23F2NO2/c1-4-8-18-14(10-19-11(2)3)12-6-5-7-13(9-12)20-15(16)17/h5-7,9,11,14-15,18H,4,8,10H2,1-3H3. The van der Waals surface area contributed by atoms with Gasteiger partial charge in [0.05, 0.1) is 18.8 Å². The van der Waals surface area contributed by atoms with E-state index in [4.69, 9.17) is 4.74 Å². The molecule has 5 heteroatoms. The lowest BCUT2D eigenvalue weighted by Gasteiger charge is -2.21. The van der Waals surface area contributed by atoms with Crippen molar-refractivity contribution in [3.05, 3.63) is 29.8 Å². The Kier molecular flexibility index (Phi) is 7.47. The van der Waals surface area contributed by atoms with Gasteiger partial charge in [0.2, 0.25) is 0 Å². The van der Waals surface area contributed by atoms with E-state index in [1.54, 1.807) is 12.1 Å². The van der Waals surface area contributed by atoms with Crippen molar-refractivity contribution in [2.24, 2.45) is 0 Å². The normalized spacial score (nSPS) is 12.9. The third-order valence-corrected chi connectivity index (χ3v) is 2.72. The maximum absolute atomic E-state index is 12.2. The molecule has 1 aromatic carbocycles. The van der Waals surface area contributed by atoms with E-state index in [1.165, 1.54) is 6.07 Å². The molecule has 20 heavy (non-hydrogen) atoms. The summed E-state index contributed by atoms with van der Waals surface area (Å²) in [4.78, 5) is 0. The minimum absolute atomic E-state index is 0.0291. The van der Waals surface area contributed by atoms with E-state index >= 15 is 0 Å². The van der Waals surface area contributed by atoms with Gasteiger partial charge in [-0.3, -0.25) is 0 Å². The van der Waals surface area contributed by atoms with E-state index in [0.717, 1.165) is 18.5 Å². The molecule has 1 N–H and O–H groups in total. The van der Waals surface area contributed by atoms with Gasteiger partial charge in [0.25, 0.3) is 0 Å². The molecule has 0 amide bonds. The number of hydrogen-bond acceptors (Lipinski definition) is 3. The molecule has 0 fully saturated rings. The van der Waals surface area contributed by atoms with Crippen LogP contribution >= 0.6 is 0 Å². The summed E-state index contributed by atoms with van der Waals surface area (Å²) in [5, 5.41) is 3.35. The Balaban J connectivity index is 2.77. The van der Waals surface area contributed by atoms with E-state index in [9.17, 15) is 8.78 Å². The van der Waals surface area contributed by atoms with Crippen LogP contribution in [0, 0.1) is 0 Å². The molecule has 0 saturated heterocycles. The van der Waals surface area contributed by atoms with E-state index in [2.05, 4.69) is 17.0 Å². The molecule has 0 bridgehead atoms. The number of nitrogens with one attached hydrogen (secondary N) is 1. The van der Waals surface area contributed by atoms with Gasteiger partial charge in [-0.15, -0.1) is 0 Å². The van der Waals surface area contributed by atoms with Crippen LogP contribution in [0.4, 0.5) is 8.78 Å². The molecule has 0 heterocycles. The van der Waals surface area contributed by atoms with Crippen molar-refractivity contribution in [3.63, 3.8) is 0 Å². The number of ether oxygens (including phenoxy) is 2. The SMILES string of the molecule is CCCNC(COC(C)C)c1cccc(OC(F)F)c1. The summed E-state index contributed by atoms with van der Waals surface area (Å²) < 4.78 is 34.6. The van der Waals surface area contributed by atoms with Crippen molar-refractivity contribution in [1.82, 2.24) is 5.32 Å². The largest absolute Gasteiger partial charge is 0.435 e. The van der Waals surface area contributed by atoms with Crippen LogP contribution in [0.5, 0.6) is 5.75 Å². The van der Waals surface area contributed by atoms with E-state index < -0.39 is 6.61 Å².